The van der Waals surface area contributed by atoms with E-state index in [-0.39, 0.29) is 23.1 Å². The average Bonchev–Trinajstić information content (AvgIpc) is 3.18. The van der Waals surface area contributed by atoms with Gasteiger partial charge in [-0.25, -0.2) is 19.3 Å². The molecule has 0 saturated heterocycles. The van der Waals surface area contributed by atoms with Crippen LogP contribution < -0.4 is 16.4 Å². The van der Waals surface area contributed by atoms with E-state index in [1.807, 2.05) is 6.07 Å². The molecule has 0 aliphatic carbocycles. The van der Waals surface area contributed by atoms with Gasteiger partial charge in [0, 0.05) is 18.8 Å². The number of hydrogen-bond acceptors (Lipinski definition) is 8. The molecule has 4 heterocycles. The van der Waals surface area contributed by atoms with Crippen molar-refractivity contribution in [3.05, 3.63) is 65.8 Å². The zero-order valence-corrected chi connectivity index (χ0v) is 17.2. The normalized spacial score (nSPS) is 11.7. The molecule has 32 heavy (non-hydrogen) atoms. The van der Waals surface area contributed by atoms with Gasteiger partial charge in [0.15, 0.2) is 0 Å². The van der Waals surface area contributed by atoms with E-state index in [9.17, 15) is 14.4 Å². The molecule has 4 N–H and O–H groups in total. The quantitative estimate of drug-likeness (QED) is 0.436. The summed E-state index contributed by atoms with van der Waals surface area (Å²) in [5, 5.41) is 15.1. The number of rotatable bonds is 5. The number of nitrogens with two attached hydrogens (primary N) is 1. The third kappa shape index (κ3) is 3.54. The molecule has 0 bridgehead atoms. The molecule has 10 nitrogen and oxygen atoms in total. The fraction of sp³-hybridized carbons (Fsp3) is 0.143. The third-order valence-electron chi connectivity index (χ3n) is 4.86. The SMILES string of the molecule is CNC(=O)c1cccc2nc(C(C)Nc3ncnc(N)c3C#N)c(-c3cncc(F)c3)n12. The summed E-state index contributed by atoms with van der Waals surface area (Å²) in [4.78, 5) is 29.1. The lowest BCUT2D eigenvalue weighted by molar-refractivity contribution is 0.0957. The van der Waals surface area contributed by atoms with Crippen LogP contribution in [0.25, 0.3) is 16.9 Å². The monoisotopic (exact) mass is 431 g/mol. The molecule has 1 atom stereocenters. The summed E-state index contributed by atoms with van der Waals surface area (Å²) in [7, 11) is 1.52. The minimum absolute atomic E-state index is 0.0451. The lowest BCUT2D eigenvalue weighted by Gasteiger charge is -2.16. The van der Waals surface area contributed by atoms with Crippen molar-refractivity contribution in [2.45, 2.75) is 13.0 Å². The second-order valence-corrected chi connectivity index (χ2v) is 6.88. The number of imidazole rings is 1. The highest BCUT2D eigenvalue weighted by atomic mass is 19.1. The van der Waals surface area contributed by atoms with Gasteiger partial charge >= 0.3 is 0 Å². The molecule has 1 unspecified atom stereocenters. The van der Waals surface area contributed by atoms with Crippen molar-refractivity contribution in [2.24, 2.45) is 0 Å². The first kappa shape index (κ1) is 20.7. The van der Waals surface area contributed by atoms with Crippen molar-refractivity contribution in [3.8, 4) is 17.3 Å². The van der Waals surface area contributed by atoms with Crippen LogP contribution in [0.2, 0.25) is 0 Å². The van der Waals surface area contributed by atoms with Crippen molar-refractivity contribution in [1.29, 1.82) is 5.26 Å². The fourth-order valence-corrected chi connectivity index (χ4v) is 3.43. The summed E-state index contributed by atoms with van der Waals surface area (Å²) in [5.74, 6) is -0.582. The second kappa shape index (κ2) is 8.27. The van der Waals surface area contributed by atoms with Gasteiger partial charge in [-0.15, -0.1) is 0 Å². The molecule has 0 radical (unpaired) electrons. The third-order valence-corrected chi connectivity index (χ3v) is 4.86. The van der Waals surface area contributed by atoms with Crippen LogP contribution in [-0.2, 0) is 0 Å². The standard InChI is InChI=1S/C21H18FN9O/c1-11(29-20-14(7-23)19(24)27-10-28-20)17-18(12-6-13(22)9-26-8-12)31-15(21(32)25-2)4-3-5-16(31)30-17/h3-6,8-11H,1-2H3,(H,25,32)(H3,24,27,28,29). The highest BCUT2D eigenvalue weighted by Gasteiger charge is 2.24. The van der Waals surface area contributed by atoms with E-state index in [1.165, 1.54) is 25.6 Å². The first-order chi connectivity index (χ1) is 15.4. The summed E-state index contributed by atoms with van der Waals surface area (Å²) in [5.41, 5.74) is 8.09. The van der Waals surface area contributed by atoms with Crippen molar-refractivity contribution in [3.63, 3.8) is 0 Å². The van der Waals surface area contributed by atoms with E-state index in [1.54, 1.807) is 29.5 Å². The number of fused-ring (bicyclic) bond motifs is 1. The number of carbonyl (C=O) groups excluding carboxylic acids is 1. The Hall–Kier alpha value is -4.59. The van der Waals surface area contributed by atoms with Gasteiger partial charge in [-0.1, -0.05) is 6.07 Å². The van der Waals surface area contributed by atoms with Crippen LogP contribution in [0.15, 0.2) is 43.0 Å². The van der Waals surface area contributed by atoms with E-state index in [0.717, 1.165) is 6.20 Å². The predicted molar refractivity (Wildman–Crippen MR) is 115 cm³/mol. The van der Waals surface area contributed by atoms with E-state index in [2.05, 4.69) is 30.6 Å². The summed E-state index contributed by atoms with van der Waals surface area (Å²) < 4.78 is 15.7. The summed E-state index contributed by atoms with van der Waals surface area (Å²) >= 11 is 0. The molecule has 0 aliphatic rings. The zero-order chi connectivity index (χ0) is 22.8. The van der Waals surface area contributed by atoms with Crippen molar-refractivity contribution < 1.29 is 9.18 Å². The first-order valence-electron chi connectivity index (χ1n) is 9.56. The maximum absolute atomic E-state index is 14.1. The van der Waals surface area contributed by atoms with Gasteiger partial charge in [-0.05, 0) is 25.1 Å². The van der Waals surface area contributed by atoms with Gasteiger partial charge in [0.1, 0.15) is 46.8 Å². The Bertz CT molecular complexity index is 1380. The Balaban J connectivity index is 1.93. The number of pyridine rings is 2. The Morgan fingerprint density at radius 1 is 1.31 bits per heavy atom. The van der Waals surface area contributed by atoms with E-state index >= 15 is 0 Å². The topological polar surface area (TPSA) is 147 Å². The van der Waals surface area contributed by atoms with Crippen LogP contribution in [0.5, 0.6) is 0 Å². The van der Waals surface area contributed by atoms with Gasteiger partial charge in [0.05, 0.1) is 23.6 Å². The minimum atomic E-state index is -0.531. The highest BCUT2D eigenvalue weighted by Crippen LogP contribution is 2.32. The largest absolute Gasteiger partial charge is 0.382 e. The average molecular weight is 431 g/mol. The molecule has 160 valence electrons. The lowest BCUT2D eigenvalue weighted by Crippen LogP contribution is -2.21. The van der Waals surface area contributed by atoms with E-state index in [4.69, 9.17) is 5.73 Å². The summed E-state index contributed by atoms with van der Waals surface area (Å²) in [6.45, 7) is 1.80. The molecule has 0 aromatic carbocycles. The summed E-state index contributed by atoms with van der Waals surface area (Å²) in [6, 6.07) is 7.88. The summed E-state index contributed by atoms with van der Waals surface area (Å²) in [6.07, 6.45) is 3.83. The predicted octanol–water partition coefficient (Wildman–Crippen LogP) is 2.31. The van der Waals surface area contributed by atoms with Crippen LogP contribution in [-0.4, -0.2) is 37.3 Å². The maximum Gasteiger partial charge on any atom is 0.268 e. The Labute approximate surface area is 182 Å². The molecule has 1 amide bonds. The smallest absolute Gasteiger partial charge is 0.268 e. The number of carbonyl (C=O) groups is 1. The second-order valence-electron chi connectivity index (χ2n) is 6.88. The molecule has 4 rings (SSSR count). The molecular formula is C21H18FN9O. The number of amides is 1. The van der Waals surface area contributed by atoms with Gasteiger partial charge < -0.3 is 16.4 Å². The molecule has 4 aromatic rings. The van der Waals surface area contributed by atoms with Crippen LogP contribution in [0.4, 0.5) is 16.0 Å². The maximum atomic E-state index is 14.1. The van der Waals surface area contributed by atoms with Crippen LogP contribution in [0, 0.1) is 17.1 Å². The molecule has 4 aromatic heterocycles. The van der Waals surface area contributed by atoms with Crippen LogP contribution in [0.1, 0.15) is 34.7 Å². The highest BCUT2D eigenvalue weighted by molar-refractivity contribution is 5.94. The molecule has 0 saturated carbocycles. The molecule has 0 aliphatic heterocycles. The van der Waals surface area contributed by atoms with E-state index in [0.29, 0.717) is 28.3 Å². The first-order valence-corrected chi connectivity index (χ1v) is 9.56. The number of nitrogen functional groups attached to an aromatic ring is 1. The van der Waals surface area contributed by atoms with Crippen LogP contribution in [0.3, 0.4) is 0 Å². The van der Waals surface area contributed by atoms with Gasteiger partial charge in [0.2, 0.25) is 0 Å². The van der Waals surface area contributed by atoms with E-state index < -0.39 is 11.9 Å². The Morgan fingerprint density at radius 3 is 2.84 bits per heavy atom. The van der Waals surface area contributed by atoms with Crippen LogP contribution >= 0.6 is 0 Å². The number of aromatic nitrogens is 5. The number of anilines is 2. The lowest BCUT2D eigenvalue weighted by atomic mass is 10.1. The Kier molecular flexibility index (Phi) is 5.34. The number of nitrogens with one attached hydrogen (secondary N) is 2. The van der Waals surface area contributed by atoms with Crippen molar-refractivity contribution in [1.82, 2.24) is 29.7 Å². The minimum Gasteiger partial charge on any atom is -0.382 e. The van der Waals surface area contributed by atoms with Crippen molar-refractivity contribution >= 4 is 23.2 Å². The molecular weight excluding hydrogens is 413 g/mol. The number of nitriles is 1. The zero-order valence-electron chi connectivity index (χ0n) is 17.2. The number of hydrogen-bond donors (Lipinski definition) is 3. The van der Waals surface area contributed by atoms with Crippen molar-refractivity contribution in [2.75, 3.05) is 18.1 Å². The molecule has 11 heteroatoms. The Morgan fingerprint density at radius 2 is 2.12 bits per heavy atom. The molecule has 0 spiro atoms. The van der Waals surface area contributed by atoms with Gasteiger partial charge in [-0.3, -0.25) is 14.2 Å². The number of nitrogens with zero attached hydrogens (tertiary/aromatic N) is 6. The van der Waals surface area contributed by atoms with Gasteiger partial charge in [-0.2, -0.15) is 5.26 Å². The molecule has 0 fully saturated rings. The fourth-order valence-electron chi connectivity index (χ4n) is 3.43. The number of halogens is 1. The van der Waals surface area contributed by atoms with Gasteiger partial charge in [0.25, 0.3) is 5.91 Å².